The molecule has 224 valence electrons. The lowest BCUT2D eigenvalue weighted by molar-refractivity contribution is -0.135. The summed E-state index contributed by atoms with van der Waals surface area (Å²) in [4.78, 5) is 34.5. The van der Waals surface area contributed by atoms with Crippen molar-refractivity contribution in [2.24, 2.45) is 11.8 Å². The molecule has 0 bridgehead atoms. The number of benzene rings is 2. The predicted molar refractivity (Wildman–Crippen MR) is 161 cm³/mol. The molecule has 2 amide bonds. The smallest absolute Gasteiger partial charge is 0.242 e. The molecule has 0 saturated carbocycles. The van der Waals surface area contributed by atoms with Gasteiger partial charge in [0.15, 0.2) is 6.29 Å². The van der Waals surface area contributed by atoms with E-state index in [1.54, 1.807) is 11.8 Å². The van der Waals surface area contributed by atoms with E-state index in [0.717, 1.165) is 24.2 Å². The summed E-state index contributed by atoms with van der Waals surface area (Å²) >= 11 is 1.77. The number of hydroxylamine groups is 1. The number of ether oxygens (including phenoxy) is 1. The van der Waals surface area contributed by atoms with Gasteiger partial charge in [-0.15, -0.1) is 0 Å². The highest BCUT2D eigenvalue weighted by Crippen LogP contribution is 2.44. The maximum atomic E-state index is 13.3. The Balaban J connectivity index is 1.26. The molecule has 2 aromatic carbocycles. The molecule has 0 aliphatic carbocycles. The molecule has 41 heavy (non-hydrogen) atoms. The van der Waals surface area contributed by atoms with Gasteiger partial charge in [-0.2, -0.15) is 5.48 Å². The molecule has 1 unspecified atom stereocenters. The van der Waals surface area contributed by atoms with Crippen LogP contribution in [0.15, 0.2) is 52.3 Å². The Bertz CT molecular complexity index is 1180. The van der Waals surface area contributed by atoms with E-state index < -0.39 is 24.4 Å². The second kappa shape index (κ2) is 15.0. The Kier molecular flexibility index (Phi) is 11.5. The van der Waals surface area contributed by atoms with Crippen LogP contribution < -0.4 is 21.4 Å². The zero-order valence-electron chi connectivity index (χ0n) is 24.4. The van der Waals surface area contributed by atoms with E-state index in [9.17, 15) is 14.7 Å². The minimum absolute atomic E-state index is 0.190. The van der Waals surface area contributed by atoms with Crippen molar-refractivity contribution in [1.29, 1.82) is 0 Å². The molecular weight excluding hydrogens is 540 g/mol. The SMILES string of the molecule is CC(C)C[C@H](NOCCCc1ccc2c(c1)Nc1ccccc1S2)C(=O)N[C@@H](CC(C)C)C(=O)N[C@H]1CCOC1O. The summed E-state index contributed by atoms with van der Waals surface area (Å²) in [6.45, 7) is 8.93. The van der Waals surface area contributed by atoms with Crippen molar-refractivity contribution in [3.8, 4) is 0 Å². The van der Waals surface area contributed by atoms with Crippen molar-refractivity contribution >= 4 is 35.0 Å². The van der Waals surface area contributed by atoms with E-state index in [0.29, 0.717) is 32.5 Å². The first-order chi connectivity index (χ1) is 19.7. The van der Waals surface area contributed by atoms with Gasteiger partial charge < -0.3 is 30.6 Å². The average Bonchev–Trinajstić information content (AvgIpc) is 3.33. The van der Waals surface area contributed by atoms with Gasteiger partial charge in [0.25, 0.3) is 0 Å². The van der Waals surface area contributed by atoms with E-state index in [1.807, 2.05) is 33.8 Å². The van der Waals surface area contributed by atoms with Crippen LogP contribution in [-0.4, -0.2) is 54.6 Å². The molecule has 0 radical (unpaired) electrons. The second-order valence-corrected chi connectivity index (χ2v) is 12.7. The highest BCUT2D eigenvalue weighted by atomic mass is 32.2. The minimum atomic E-state index is -1.02. The van der Waals surface area contributed by atoms with Crippen molar-refractivity contribution in [3.05, 3.63) is 48.0 Å². The summed E-state index contributed by atoms with van der Waals surface area (Å²) in [6.07, 6.45) is 2.19. The summed E-state index contributed by atoms with van der Waals surface area (Å²) in [6, 6.07) is 13.0. The van der Waals surface area contributed by atoms with Crippen LogP contribution in [0.2, 0.25) is 0 Å². The van der Waals surface area contributed by atoms with Crippen molar-refractivity contribution in [1.82, 2.24) is 16.1 Å². The number of nitrogens with one attached hydrogen (secondary N) is 4. The number of aliphatic hydroxyl groups is 1. The number of anilines is 2. The molecule has 0 aromatic heterocycles. The first-order valence-electron chi connectivity index (χ1n) is 14.6. The Labute approximate surface area is 247 Å². The number of amides is 2. The molecule has 5 N–H and O–H groups in total. The van der Waals surface area contributed by atoms with Crippen molar-refractivity contribution < 1.29 is 24.3 Å². The summed E-state index contributed by atoms with van der Waals surface area (Å²) < 4.78 is 5.14. The molecule has 9 nitrogen and oxygen atoms in total. The molecular formula is C31H44N4O5S. The summed E-state index contributed by atoms with van der Waals surface area (Å²) in [5.41, 5.74) is 6.42. The van der Waals surface area contributed by atoms with Crippen LogP contribution >= 0.6 is 11.8 Å². The fourth-order valence-corrected chi connectivity index (χ4v) is 5.97. The number of hydrogen-bond donors (Lipinski definition) is 5. The lowest BCUT2D eigenvalue weighted by Crippen LogP contribution is -2.55. The predicted octanol–water partition coefficient (Wildman–Crippen LogP) is 4.52. The number of fused-ring (bicyclic) bond motifs is 2. The highest BCUT2D eigenvalue weighted by Gasteiger charge is 2.32. The van der Waals surface area contributed by atoms with Crippen LogP contribution in [0.25, 0.3) is 0 Å². The third kappa shape index (κ3) is 9.18. The summed E-state index contributed by atoms with van der Waals surface area (Å²) in [5, 5.41) is 19.2. The van der Waals surface area contributed by atoms with Gasteiger partial charge in [0.1, 0.15) is 12.1 Å². The van der Waals surface area contributed by atoms with Gasteiger partial charge in [-0.1, -0.05) is 57.7 Å². The molecule has 2 aromatic rings. The van der Waals surface area contributed by atoms with Gasteiger partial charge in [-0.05, 0) is 73.8 Å². The van der Waals surface area contributed by atoms with Crippen molar-refractivity contribution in [3.63, 3.8) is 0 Å². The second-order valence-electron chi connectivity index (χ2n) is 11.7. The van der Waals surface area contributed by atoms with E-state index >= 15 is 0 Å². The third-order valence-corrected chi connectivity index (χ3v) is 8.26. The summed E-state index contributed by atoms with van der Waals surface area (Å²) in [7, 11) is 0. The van der Waals surface area contributed by atoms with Gasteiger partial charge in [0, 0.05) is 9.79 Å². The number of aliphatic hydroxyl groups excluding tert-OH is 1. The number of carbonyl (C=O) groups excluding carboxylic acids is 2. The van der Waals surface area contributed by atoms with Crippen LogP contribution in [-0.2, 0) is 25.6 Å². The molecule has 1 fully saturated rings. The van der Waals surface area contributed by atoms with Gasteiger partial charge in [-0.25, -0.2) is 0 Å². The molecule has 0 spiro atoms. The molecule has 1 saturated heterocycles. The van der Waals surface area contributed by atoms with E-state index in [-0.39, 0.29) is 23.7 Å². The topological polar surface area (TPSA) is 121 Å². The van der Waals surface area contributed by atoms with E-state index in [2.05, 4.69) is 57.8 Å². The van der Waals surface area contributed by atoms with Gasteiger partial charge in [-0.3, -0.25) is 9.59 Å². The first-order valence-corrected chi connectivity index (χ1v) is 15.5. The van der Waals surface area contributed by atoms with Gasteiger partial charge in [0.2, 0.25) is 11.8 Å². The molecule has 4 rings (SSSR count). The zero-order valence-corrected chi connectivity index (χ0v) is 25.3. The quantitative estimate of drug-likeness (QED) is 0.139. The Morgan fingerprint density at radius 1 is 1.02 bits per heavy atom. The fourth-order valence-electron chi connectivity index (χ4n) is 5.01. The Morgan fingerprint density at radius 2 is 1.76 bits per heavy atom. The standard InChI is InChI=1S/C31H44N4O5S/c1-19(2)16-25(29(36)33-23-13-15-39-31(23)38)34-30(37)26(17-20(3)4)35-40-14-7-8-21-11-12-28-24(18-21)32-22-9-5-6-10-27(22)41-28/h5-6,9-12,18-20,23,25-26,31-32,35,38H,7-8,13-17H2,1-4H3,(H,33,36)(H,34,37)/t23-,25-,26-,31?/m0/s1. The largest absolute Gasteiger partial charge is 0.366 e. The highest BCUT2D eigenvalue weighted by molar-refractivity contribution is 7.99. The maximum Gasteiger partial charge on any atom is 0.242 e. The lowest BCUT2D eigenvalue weighted by Gasteiger charge is -2.26. The Hall–Kier alpha value is -2.63. The average molecular weight is 585 g/mol. The molecule has 2 aliphatic heterocycles. The van der Waals surface area contributed by atoms with Crippen molar-refractivity contribution in [2.75, 3.05) is 18.5 Å². The van der Waals surface area contributed by atoms with Crippen LogP contribution in [0.1, 0.15) is 58.9 Å². The number of para-hydroxylation sites is 1. The van der Waals surface area contributed by atoms with Gasteiger partial charge >= 0.3 is 0 Å². The van der Waals surface area contributed by atoms with Crippen LogP contribution in [0.5, 0.6) is 0 Å². The minimum Gasteiger partial charge on any atom is -0.366 e. The van der Waals surface area contributed by atoms with Gasteiger partial charge in [0.05, 0.1) is 30.6 Å². The van der Waals surface area contributed by atoms with Crippen LogP contribution in [0, 0.1) is 11.8 Å². The number of rotatable bonds is 14. The van der Waals surface area contributed by atoms with E-state index in [1.165, 1.54) is 15.4 Å². The van der Waals surface area contributed by atoms with E-state index in [4.69, 9.17) is 9.57 Å². The van der Waals surface area contributed by atoms with Crippen LogP contribution in [0.4, 0.5) is 11.4 Å². The zero-order chi connectivity index (χ0) is 29.4. The molecule has 4 atom stereocenters. The summed E-state index contributed by atoms with van der Waals surface area (Å²) in [5.74, 6) is -0.153. The number of hydrogen-bond acceptors (Lipinski definition) is 8. The molecule has 10 heteroatoms. The van der Waals surface area contributed by atoms with Crippen molar-refractivity contribution in [2.45, 2.75) is 94.0 Å². The Morgan fingerprint density at radius 3 is 2.49 bits per heavy atom. The maximum absolute atomic E-state index is 13.3. The number of carbonyl (C=O) groups is 2. The lowest BCUT2D eigenvalue weighted by atomic mass is 10.00. The monoisotopic (exact) mass is 584 g/mol. The molecule has 2 heterocycles. The first kappa shape index (κ1) is 31.3. The normalized spacial score (nSPS) is 19.3. The molecule has 2 aliphatic rings. The van der Waals surface area contributed by atoms with Crippen LogP contribution in [0.3, 0.4) is 0 Å². The number of aryl methyl sites for hydroxylation is 1. The fraction of sp³-hybridized carbons (Fsp3) is 0.548. The third-order valence-electron chi connectivity index (χ3n) is 7.11.